The Hall–Kier alpha value is -1.63. The maximum Gasteiger partial charge on any atom is 0.338 e. The SMILES string of the molecule is CCOC(=O)c1ccc(-c2ccc(C=O)o2)c(I)c1. The number of halogens is 1. The van der Waals surface area contributed by atoms with Crippen LogP contribution in [0.4, 0.5) is 0 Å². The molecular weight excluding hydrogens is 359 g/mol. The van der Waals surface area contributed by atoms with Crippen molar-refractivity contribution in [2.75, 3.05) is 6.61 Å². The highest BCUT2D eigenvalue weighted by Gasteiger charge is 2.12. The van der Waals surface area contributed by atoms with E-state index in [0.29, 0.717) is 24.2 Å². The Kier molecular flexibility index (Phi) is 4.36. The first-order valence-electron chi connectivity index (χ1n) is 5.67. The molecule has 0 saturated heterocycles. The van der Waals surface area contributed by atoms with Crippen molar-refractivity contribution in [1.29, 1.82) is 0 Å². The van der Waals surface area contributed by atoms with Gasteiger partial charge in [0, 0.05) is 9.13 Å². The summed E-state index contributed by atoms with van der Waals surface area (Å²) >= 11 is 2.12. The van der Waals surface area contributed by atoms with E-state index in [0.717, 1.165) is 9.13 Å². The van der Waals surface area contributed by atoms with Crippen LogP contribution in [-0.2, 0) is 4.74 Å². The lowest BCUT2D eigenvalue weighted by atomic mass is 10.1. The van der Waals surface area contributed by atoms with Crippen LogP contribution in [0.5, 0.6) is 0 Å². The predicted octanol–water partition coefficient (Wildman–Crippen LogP) is 3.54. The van der Waals surface area contributed by atoms with Gasteiger partial charge in [-0.1, -0.05) is 0 Å². The minimum atomic E-state index is -0.347. The lowest BCUT2D eigenvalue weighted by molar-refractivity contribution is 0.0526. The van der Waals surface area contributed by atoms with Gasteiger partial charge in [-0.2, -0.15) is 0 Å². The summed E-state index contributed by atoms with van der Waals surface area (Å²) in [6, 6.07) is 8.53. The molecule has 2 rings (SSSR count). The third kappa shape index (κ3) is 3.04. The average Bonchev–Trinajstić information content (AvgIpc) is 2.87. The van der Waals surface area contributed by atoms with Crippen LogP contribution in [0.15, 0.2) is 34.7 Å². The van der Waals surface area contributed by atoms with Crippen molar-refractivity contribution in [3.63, 3.8) is 0 Å². The fourth-order valence-electron chi connectivity index (χ4n) is 1.62. The molecule has 2 aromatic rings. The van der Waals surface area contributed by atoms with Crippen molar-refractivity contribution in [1.82, 2.24) is 0 Å². The molecule has 0 aliphatic rings. The Morgan fingerprint density at radius 3 is 2.74 bits per heavy atom. The van der Waals surface area contributed by atoms with Crippen LogP contribution < -0.4 is 0 Å². The number of aldehydes is 1. The van der Waals surface area contributed by atoms with Gasteiger partial charge in [-0.05, 0) is 59.8 Å². The van der Waals surface area contributed by atoms with Gasteiger partial charge in [0.2, 0.25) is 0 Å². The summed E-state index contributed by atoms with van der Waals surface area (Å²) < 4.78 is 11.2. The summed E-state index contributed by atoms with van der Waals surface area (Å²) in [5.74, 6) is 0.530. The van der Waals surface area contributed by atoms with Crippen LogP contribution >= 0.6 is 22.6 Å². The molecule has 1 aromatic carbocycles. The maximum atomic E-state index is 11.6. The van der Waals surface area contributed by atoms with Crippen molar-refractivity contribution in [2.45, 2.75) is 6.92 Å². The Labute approximate surface area is 123 Å². The van der Waals surface area contributed by atoms with Crippen molar-refractivity contribution in [3.8, 4) is 11.3 Å². The van der Waals surface area contributed by atoms with Gasteiger partial charge in [0.1, 0.15) is 5.76 Å². The first kappa shape index (κ1) is 13.8. The third-order valence-corrected chi connectivity index (χ3v) is 3.38. The topological polar surface area (TPSA) is 56.5 Å². The normalized spacial score (nSPS) is 10.2. The quantitative estimate of drug-likeness (QED) is 0.469. The second-order valence-electron chi connectivity index (χ2n) is 3.73. The van der Waals surface area contributed by atoms with E-state index in [2.05, 4.69) is 22.6 Å². The van der Waals surface area contributed by atoms with Crippen LogP contribution in [0.1, 0.15) is 27.8 Å². The molecule has 0 radical (unpaired) electrons. The van der Waals surface area contributed by atoms with E-state index in [9.17, 15) is 9.59 Å². The number of hydrogen-bond acceptors (Lipinski definition) is 4. The van der Waals surface area contributed by atoms with Crippen molar-refractivity contribution >= 4 is 34.8 Å². The maximum absolute atomic E-state index is 11.6. The van der Waals surface area contributed by atoms with Crippen LogP contribution in [0.3, 0.4) is 0 Å². The molecule has 0 amide bonds. The number of furan rings is 1. The van der Waals surface area contributed by atoms with Gasteiger partial charge in [0.15, 0.2) is 12.0 Å². The number of carbonyl (C=O) groups is 2. The lowest BCUT2D eigenvalue weighted by Crippen LogP contribution is -2.04. The van der Waals surface area contributed by atoms with Gasteiger partial charge in [-0.3, -0.25) is 4.79 Å². The van der Waals surface area contributed by atoms with Gasteiger partial charge in [0.05, 0.1) is 12.2 Å². The van der Waals surface area contributed by atoms with E-state index < -0.39 is 0 Å². The number of carbonyl (C=O) groups excluding carboxylic acids is 2. The first-order chi connectivity index (χ1) is 9.15. The number of benzene rings is 1. The lowest BCUT2D eigenvalue weighted by Gasteiger charge is -2.05. The van der Waals surface area contributed by atoms with Crippen molar-refractivity contribution in [2.24, 2.45) is 0 Å². The van der Waals surface area contributed by atoms with E-state index in [-0.39, 0.29) is 11.7 Å². The Morgan fingerprint density at radius 2 is 2.16 bits per heavy atom. The molecule has 98 valence electrons. The van der Waals surface area contributed by atoms with Crippen molar-refractivity contribution in [3.05, 3.63) is 45.2 Å². The molecule has 0 bridgehead atoms. The fourth-order valence-corrected chi connectivity index (χ4v) is 2.40. The molecule has 0 saturated carbocycles. The number of esters is 1. The second kappa shape index (κ2) is 6.01. The summed E-state index contributed by atoms with van der Waals surface area (Å²) in [7, 11) is 0. The molecule has 0 N–H and O–H groups in total. The molecule has 1 heterocycles. The Balaban J connectivity index is 2.33. The molecule has 1 aromatic heterocycles. The van der Waals surface area contributed by atoms with Gasteiger partial charge in [-0.15, -0.1) is 0 Å². The number of ether oxygens (including phenoxy) is 1. The van der Waals surface area contributed by atoms with E-state index in [1.54, 1.807) is 37.3 Å². The van der Waals surface area contributed by atoms with Gasteiger partial charge in [-0.25, -0.2) is 4.79 Å². The summed E-state index contributed by atoms with van der Waals surface area (Å²) in [5, 5.41) is 0. The highest BCUT2D eigenvalue weighted by atomic mass is 127. The Bertz CT molecular complexity index is 616. The zero-order valence-electron chi connectivity index (χ0n) is 10.2. The van der Waals surface area contributed by atoms with E-state index in [1.807, 2.05) is 0 Å². The zero-order chi connectivity index (χ0) is 13.8. The Morgan fingerprint density at radius 1 is 1.37 bits per heavy atom. The molecule has 0 atom stereocenters. The molecule has 5 heteroatoms. The monoisotopic (exact) mass is 370 g/mol. The van der Waals surface area contributed by atoms with Gasteiger partial charge >= 0.3 is 5.97 Å². The first-order valence-corrected chi connectivity index (χ1v) is 6.75. The summed E-state index contributed by atoms with van der Waals surface area (Å²) in [5.41, 5.74) is 1.33. The van der Waals surface area contributed by atoms with Gasteiger partial charge < -0.3 is 9.15 Å². The molecule has 0 aliphatic heterocycles. The molecule has 0 fully saturated rings. The average molecular weight is 370 g/mol. The molecule has 4 nitrogen and oxygen atoms in total. The van der Waals surface area contributed by atoms with Crippen LogP contribution in [0.2, 0.25) is 0 Å². The van der Waals surface area contributed by atoms with E-state index in [1.165, 1.54) is 0 Å². The van der Waals surface area contributed by atoms with E-state index in [4.69, 9.17) is 9.15 Å². The largest absolute Gasteiger partial charge is 0.462 e. The summed E-state index contributed by atoms with van der Waals surface area (Å²) in [4.78, 5) is 22.2. The summed E-state index contributed by atoms with van der Waals surface area (Å²) in [6.45, 7) is 2.11. The van der Waals surface area contributed by atoms with Crippen LogP contribution in [0, 0.1) is 3.57 Å². The molecule has 0 spiro atoms. The smallest absolute Gasteiger partial charge is 0.338 e. The number of hydrogen-bond donors (Lipinski definition) is 0. The minimum Gasteiger partial charge on any atom is -0.462 e. The second-order valence-corrected chi connectivity index (χ2v) is 4.90. The number of rotatable bonds is 4. The van der Waals surface area contributed by atoms with Gasteiger partial charge in [0.25, 0.3) is 0 Å². The predicted molar refractivity (Wildman–Crippen MR) is 78.2 cm³/mol. The minimum absolute atomic E-state index is 0.278. The summed E-state index contributed by atoms with van der Waals surface area (Å²) in [6.07, 6.45) is 0.656. The van der Waals surface area contributed by atoms with Crippen molar-refractivity contribution < 1.29 is 18.7 Å². The van der Waals surface area contributed by atoms with Crippen LogP contribution in [0.25, 0.3) is 11.3 Å². The standard InChI is InChI=1S/C14H11IO4/c1-2-18-14(17)9-3-5-11(12(15)7-9)13-6-4-10(8-16)19-13/h3-8H,2H2,1H3. The van der Waals surface area contributed by atoms with E-state index >= 15 is 0 Å². The molecule has 19 heavy (non-hydrogen) atoms. The molecule has 0 aliphatic carbocycles. The highest BCUT2D eigenvalue weighted by Crippen LogP contribution is 2.27. The fraction of sp³-hybridized carbons (Fsp3) is 0.143. The van der Waals surface area contributed by atoms with Crippen LogP contribution in [-0.4, -0.2) is 18.9 Å². The molecule has 0 unspecified atom stereocenters. The third-order valence-electron chi connectivity index (χ3n) is 2.49. The zero-order valence-corrected chi connectivity index (χ0v) is 12.3. The molecular formula is C14H11IO4. The highest BCUT2D eigenvalue weighted by molar-refractivity contribution is 14.1.